The second kappa shape index (κ2) is 5.35. The number of aromatic nitrogens is 2. The van der Waals surface area contributed by atoms with E-state index >= 15 is 0 Å². The molecule has 0 aliphatic rings. The van der Waals surface area contributed by atoms with Crippen LogP contribution in [0.2, 0.25) is 0 Å². The van der Waals surface area contributed by atoms with Gasteiger partial charge in [0.15, 0.2) is 0 Å². The Morgan fingerprint density at radius 2 is 1.61 bits per heavy atom. The van der Waals surface area contributed by atoms with Crippen LogP contribution in [0.4, 0.5) is 23.0 Å². The van der Waals surface area contributed by atoms with Crippen LogP contribution in [0.25, 0.3) is 0 Å². The van der Waals surface area contributed by atoms with Crippen molar-refractivity contribution in [2.45, 2.75) is 6.92 Å². The lowest BCUT2D eigenvalue weighted by molar-refractivity contribution is 1.06. The third-order valence-corrected chi connectivity index (χ3v) is 2.52. The smallest absolute Gasteiger partial charge is 0.136 e. The first kappa shape index (κ1) is 12.2. The van der Waals surface area contributed by atoms with Crippen molar-refractivity contribution >= 4 is 23.0 Å². The molecular weight excluding hydrogens is 226 g/mol. The van der Waals surface area contributed by atoms with Crippen molar-refractivity contribution in [3.05, 3.63) is 36.2 Å². The van der Waals surface area contributed by atoms with Crippen molar-refractivity contribution in [1.82, 2.24) is 9.97 Å². The van der Waals surface area contributed by atoms with Crippen molar-refractivity contribution in [3.8, 4) is 0 Å². The summed E-state index contributed by atoms with van der Waals surface area (Å²) in [5.41, 5.74) is 2.04. The molecule has 0 unspecified atom stereocenters. The summed E-state index contributed by atoms with van der Waals surface area (Å²) in [6.07, 6.45) is 0. The van der Waals surface area contributed by atoms with E-state index in [1.165, 1.54) is 0 Å². The molecule has 2 aromatic rings. The molecule has 0 saturated carbocycles. The molecule has 1 aromatic heterocycles. The Morgan fingerprint density at radius 1 is 0.889 bits per heavy atom. The fourth-order valence-corrected chi connectivity index (χ4v) is 1.66. The van der Waals surface area contributed by atoms with Gasteiger partial charge >= 0.3 is 0 Å². The SMILES string of the molecule is CNc1cccc(Nc2cc(NC)nc(C)n2)c1. The zero-order valence-electron chi connectivity index (χ0n) is 10.8. The minimum absolute atomic E-state index is 0.731. The van der Waals surface area contributed by atoms with Crippen molar-refractivity contribution in [2.75, 3.05) is 30.0 Å². The van der Waals surface area contributed by atoms with Crippen molar-refractivity contribution in [3.63, 3.8) is 0 Å². The first-order valence-corrected chi connectivity index (χ1v) is 5.79. The fourth-order valence-electron chi connectivity index (χ4n) is 1.66. The highest BCUT2D eigenvalue weighted by Gasteiger charge is 2.01. The van der Waals surface area contributed by atoms with Crippen LogP contribution in [0.5, 0.6) is 0 Å². The van der Waals surface area contributed by atoms with E-state index < -0.39 is 0 Å². The first-order valence-electron chi connectivity index (χ1n) is 5.79. The maximum absolute atomic E-state index is 4.35. The zero-order valence-corrected chi connectivity index (χ0v) is 10.8. The molecule has 0 amide bonds. The number of nitrogens with one attached hydrogen (secondary N) is 3. The van der Waals surface area contributed by atoms with E-state index in [0.717, 1.165) is 28.8 Å². The maximum Gasteiger partial charge on any atom is 0.136 e. The van der Waals surface area contributed by atoms with E-state index in [0.29, 0.717) is 0 Å². The molecular formula is C13H17N5. The van der Waals surface area contributed by atoms with E-state index in [4.69, 9.17) is 0 Å². The van der Waals surface area contributed by atoms with Crippen LogP contribution in [0.1, 0.15) is 5.82 Å². The number of benzene rings is 1. The van der Waals surface area contributed by atoms with E-state index in [2.05, 4.69) is 25.9 Å². The summed E-state index contributed by atoms with van der Waals surface area (Å²) in [6, 6.07) is 9.89. The quantitative estimate of drug-likeness (QED) is 0.770. The molecule has 18 heavy (non-hydrogen) atoms. The third kappa shape index (κ3) is 2.88. The molecule has 3 N–H and O–H groups in total. The van der Waals surface area contributed by atoms with Crippen LogP contribution in [0, 0.1) is 6.92 Å². The highest BCUT2D eigenvalue weighted by atomic mass is 15.1. The van der Waals surface area contributed by atoms with Gasteiger partial charge in [-0.1, -0.05) is 6.07 Å². The average molecular weight is 243 g/mol. The Bertz CT molecular complexity index is 539. The van der Waals surface area contributed by atoms with Gasteiger partial charge in [0.25, 0.3) is 0 Å². The lowest BCUT2D eigenvalue weighted by Gasteiger charge is -2.09. The highest BCUT2D eigenvalue weighted by Crippen LogP contribution is 2.20. The van der Waals surface area contributed by atoms with Crippen LogP contribution in [-0.4, -0.2) is 24.1 Å². The van der Waals surface area contributed by atoms with Gasteiger partial charge in [-0.25, -0.2) is 9.97 Å². The van der Waals surface area contributed by atoms with Gasteiger partial charge in [-0.15, -0.1) is 0 Å². The fraction of sp³-hybridized carbons (Fsp3) is 0.231. The van der Waals surface area contributed by atoms with Crippen LogP contribution in [0.15, 0.2) is 30.3 Å². The van der Waals surface area contributed by atoms with Crippen molar-refractivity contribution in [2.24, 2.45) is 0 Å². The number of hydrogen-bond acceptors (Lipinski definition) is 5. The molecule has 5 heteroatoms. The number of hydrogen-bond donors (Lipinski definition) is 3. The molecule has 0 fully saturated rings. The topological polar surface area (TPSA) is 61.9 Å². The van der Waals surface area contributed by atoms with Gasteiger partial charge in [-0.2, -0.15) is 0 Å². The normalized spacial score (nSPS) is 9.94. The Labute approximate surface area is 107 Å². The summed E-state index contributed by atoms with van der Waals surface area (Å²) >= 11 is 0. The van der Waals surface area contributed by atoms with E-state index in [9.17, 15) is 0 Å². The minimum Gasteiger partial charge on any atom is -0.388 e. The van der Waals surface area contributed by atoms with Gasteiger partial charge in [0.1, 0.15) is 17.5 Å². The zero-order chi connectivity index (χ0) is 13.0. The molecule has 0 aliphatic heterocycles. The first-order chi connectivity index (χ1) is 8.71. The van der Waals surface area contributed by atoms with Gasteiger partial charge in [0.05, 0.1) is 0 Å². The van der Waals surface area contributed by atoms with Crippen molar-refractivity contribution in [1.29, 1.82) is 0 Å². The second-order valence-electron chi connectivity index (χ2n) is 3.89. The molecule has 0 bridgehead atoms. The molecule has 1 aromatic carbocycles. The van der Waals surface area contributed by atoms with Gasteiger partial charge in [-0.3, -0.25) is 0 Å². The summed E-state index contributed by atoms with van der Waals surface area (Å²) < 4.78 is 0. The van der Waals surface area contributed by atoms with Gasteiger partial charge in [-0.05, 0) is 25.1 Å². The second-order valence-corrected chi connectivity index (χ2v) is 3.89. The molecule has 0 atom stereocenters. The van der Waals surface area contributed by atoms with Crippen LogP contribution in [-0.2, 0) is 0 Å². The Morgan fingerprint density at radius 3 is 2.33 bits per heavy atom. The molecule has 1 heterocycles. The number of nitrogens with zero attached hydrogens (tertiary/aromatic N) is 2. The van der Waals surface area contributed by atoms with E-state index in [1.54, 1.807) is 0 Å². The minimum atomic E-state index is 0.731. The Balaban J connectivity index is 2.24. The van der Waals surface area contributed by atoms with Crippen LogP contribution in [0.3, 0.4) is 0 Å². The van der Waals surface area contributed by atoms with E-state index in [-0.39, 0.29) is 0 Å². The maximum atomic E-state index is 4.35. The summed E-state index contributed by atoms with van der Waals surface area (Å²) in [5, 5.41) is 9.38. The molecule has 2 rings (SSSR count). The average Bonchev–Trinajstić information content (AvgIpc) is 2.38. The lowest BCUT2D eigenvalue weighted by atomic mass is 10.3. The van der Waals surface area contributed by atoms with Gasteiger partial charge in [0, 0.05) is 31.5 Å². The predicted molar refractivity (Wildman–Crippen MR) is 75.6 cm³/mol. The summed E-state index contributed by atoms with van der Waals surface area (Å²) in [6.45, 7) is 1.87. The summed E-state index contributed by atoms with van der Waals surface area (Å²) in [7, 11) is 3.74. The molecule has 0 radical (unpaired) electrons. The monoisotopic (exact) mass is 243 g/mol. The van der Waals surface area contributed by atoms with Gasteiger partial charge < -0.3 is 16.0 Å². The number of rotatable bonds is 4. The molecule has 0 saturated heterocycles. The van der Waals surface area contributed by atoms with Gasteiger partial charge in [0.2, 0.25) is 0 Å². The van der Waals surface area contributed by atoms with Crippen LogP contribution >= 0.6 is 0 Å². The molecule has 0 aliphatic carbocycles. The Hall–Kier alpha value is -2.30. The van der Waals surface area contributed by atoms with Crippen LogP contribution < -0.4 is 16.0 Å². The predicted octanol–water partition coefficient (Wildman–Crippen LogP) is 2.61. The number of anilines is 4. The summed E-state index contributed by atoms with van der Waals surface area (Å²) in [5.74, 6) is 2.31. The van der Waals surface area contributed by atoms with E-state index in [1.807, 2.05) is 51.4 Å². The lowest BCUT2D eigenvalue weighted by Crippen LogP contribution is -2.01. The standard InChI is InChI=1S/C13H17N5/c1-9-16-12(15-3)8-13(17-9)18-11-6-4-5-10(7-11)14-2/h4-8,14H,1-3H3,(H2,15,16,17,18). The van der Waals surface area contributed by atoms with Crippen molar-refractivity contribution < 1.29 is 0 Å². The molecule has 5 nitrogen and oxygen atoms in total. The number of aryl methyl sites for hydroxylation is 1. The largest absolute Gasteiger partial charge is 0.388 e. The third-order valence-electron chi connectivity index (χ3n) is 2.52. The Kier molecular flexibility index (Phi) is 3.62. The molecule has 0 spiro atoms. The molecule has 94 valence electrons. The highest BCUT2D eigenvalue weighted by molar-refractivity contribution is 5.63. The summed E-state index contributed by atoms with van der Waals surface area (Å²) in [4.78, 5) is 8.60.